The summed E-state index contributed by atoms with van der Waals surface area (Å²) in [6, 6.07) is 11.8. The van der Waals surface area contributed by atoms with Crippen LogP contribution in [-0.2, 0) is 43.0 Å². The van der Waals surface area contributed by atoms with Crippen molar-refractivity contribution in [2.24, 2.45) is 0 Å². The molecule has 0 N–H and O–H groups in total. The minimum atomic E-state index is -4.74. The number of aryl methyl sites for hydroxylation is 4. The second-order valence-corrected chi connectivity index (χ2v) is 8.66. The van der Waals surface area contributed by atoms with Crippen LogP contribution in [0.15, 0.2) is 60.9 Å². The lowest BCUT2D eigenvalue weighted by molar-refractivity contribution is -0.140. The minimum absolute atomic E-state index is 0.222. The molecule has 0 atom stereocenters. The number of rotatable bonds is 9. The average molecular weight is 501 g/mol. The van der Waals surface area contributed by atoms with Crippen LogP contribution in [0.5, 0.6) is 0 Å². The molecule has 0 unspecified atom stereocenters. The predicted octanol–water partition coefficient (Wildman–Crippen LogP) is 6.69. The van der Waals surface area contributed by atoms with Gasteiger partial charge in [-0.1, -0.05) is 36.4 Å². The van der Waals surface area contributed by atoms with Crippen LogP contribution in [0.4, 0.5) is 22.0 Å². The Hall–Kier alpha value is -3.39. The Balaban J connectivity index is 1.40. The molecule has 0 aliphatic rings. The fourth-order valence-electron chi connectivity index (χ4n) is 4.07. The highest BCUT2D eigenvalue weighted by atomic mass is 19.4. The van der Waals surface area contributed by atoms with Crippen molar-refractivity contribution in [2.45, 2.75) is 38.3 Å². The van der Waals surface area contributed by atoms with Crippen LogP contribution in [0.3, 0.4) is 0 Å². The molecule has 0 spiro atoms. The van der Waals surface area contributed by atoms with Crippen LogP contribution in [0.1, 0.15) is 33.6 Å². The third-order valence-corrected chi connectivity index (χ3v) is 6.11. The van der Waals surface area contributed by atoms with Gasteiger partial charge in [-0.3, -0.25) is 0 Å². The summed E-state index contributed by atoms with van der Waals surface area (Å²) in [5, 5.41) is 1.22. The van der Waals surface area contributed by atoms with Crippen LogP contribution < -0.4 is 0 Å². The third kappa shape index (κ3) is 6.23. The summed E-state index contributed by atoms with van der Waals surface area (Å²) >= 11 is 0. The lowest BCUT2D eigenvalue weighted by atomic mass is 9.97. The van der Waals surface area contributed by atoms with E-state index in [9.17, 15) is 17.6 Å². The van der Waals surface area contributed by atoms with E-state index in [0.29, 0.717) is 36.0 Å². The molecule has 3 aromatic carbocycles. The monoisotopic (exact) mass is 500 g/mol. The van der Waals surface area contributed by atoms with E-state index in [2.05, 4.69) is 9.97 Å². The summed E-state index contributed by atoms with van der Waals surface area (Å²) < 4.78 is 72.3. The van der Waals surface area contributed by atoms with Gasteiger partial charge in [0.1, 0.15) is 17.5 Å². The lowest BCUT2D eigenvalue weighted by Gasteiger charge is -2.11. The molecule has 0 bridgehead atoms. The summed E-state index contributed by atoms with van der Waals surface area (Å²) in [5.74, 6) is -0.960. The second kappa shape index (κ2) is 11.1. The van der Waals surface area contributed by atoms with E-state index in [-0.39, 0.29) is 18.7 Å². The topological polar surface area (TPSA) is 35.0 Å². The molecule has 0 amide bonds. The zero-order valence-corrected chi connectivity index (χ0v) is 19.7. The quantitative estimate of drug-likeness (QED) is 0.240. The maximum absolute atomic E-state index is 15.1. The molecule has 1 aromatic heterocycles. The number of methoxy groups -OCH3 is 1. The number of fused-ring (bicyclic) bond motifs is 1. The highest BCUT2D eigenvalue weighted by Crippen LogP contribution is 2.32. The van der Waals surface area contributed by atoms with Crippen LogP contribution >= 0.6 is 0 Å². The maximum Gasteiger partial charge on any atom is 0.419 e. The first kappa shape index (κ1) is 25.7. The zero-order chi connectivity index (χ0) is 25.7. The number of alkyl halides is 3. The van der Waals surface area contributed by atoms with Crippen molar-refractivity contribution in [1.29, 1.82) is 0 Å². The van der Waals surface area contributed by atoms with E-state index in [4.69, 9.17) is 4.74 Å². The first-order valence-corrected chi connectivity index (χ1v) is 11.6. The van der Waals surface area contributed by atoms with Crippen LogP contribution in [0.2, 0.25) is 0 Å². The summed E-state index contributed by atoms with van der Waals surface area (Å²) in [6.45, 7) is 0.617. The molecule has 36 heavy (non-hydrogen) atoms. The Morgan fingerprint density at radius 2 is 1.44 bits per heavy atom. The summed E-state index contributed by atoms with van der Waals surface area (Å²) in [7, 11) is 1.65. The Bertz CT molecular complexity index is 1340. The van der Waals surface area contributed by atoms with Crippen LogP contribution in [0, 0.1) is 11.6 Å². The van der Waals surface area contributed by atoms with Gasteiger partial charge in [0.05, 0.1) is 12.2 Å². The molecule has 0 saturated heterocycles. The number of hydrogen-bond donors (Lipinski definition) is 0. The van der Waals surface area contributed by atoms with E-state index >= 15 is 4.39 Å². The summed E-state index contributed by atoms with van der Waals surface area (Å²) in [5.41, 5.74) is 1.55. The largest absolute Gasteiger partial charge is 0.419 e. The summed E-state index contributed by atoms with van der Waals surface area (Å²) in [6.07, 6.45) is 1.45. The van der Waals surface area contributed by atoms with Gasteiger partial charge in [-0.15, -0.1) is 0 Å². The number of ether oxygens (including phenoxy) is 1. The maximum atomic E-state index is 15.1. The number of aromatic nitrogens is 2. The Morgan fingerprint density at radius 1 is 0.750 bits per heavy atom. The second-order valence-electron chi connectivity index (χ2n) is 8.66. The first-order chi connectivity index (χ1) is 17.2. The molecule has 8 heteroatoms. The number of halogens is 5. The van der Waals surface area contributed by atoms with Gasteiger partial charge < -0.3 is 4.74 Å². The van der Waals surface area contributed by atoms with Crippen molar-refractivity contribution in [1.82, 2.24) is 9.97 Å². The average Bonchev–Trinajstić information content (AvgIpc) is 2.85. The molecular formula is C28H25F5N2O. The van der Waals surface area contributed by atoms with E-state index in [1.54, 1.807) is 31.6 Å². The molecule has 1 heterocycles. The fourth-order valence-corrected chi connectivity index (χ4v) is 4.07. The lowest BCUT2D eigenvalue weighted by Crippen LogP contribution is -2.08. The fraction of sp³-hybridized carbons (Fsp3) is 0.286. The van der Waals surface area contributed by atoms with Crippen molar-refractivity contribution in [2.75, 3.05) is 13.7 Å². The van der Waals surface area contributed by atoms with Gasteiger partial charge in [-0.25, -0.2) is 18.7 Å². The molecule has 0 saturated carbocycles. The van der Waals surface area contributed by atoms with Gasteiger partial charge in [0.2, 0.25) is 0 Å². The highest BCUT2D eigenvalue weighted by Gasteiger charge is 2.33. The van der Waals surface area contributed by atoms with Crippen molar-refractivity contribution in [3.8, 4) is 0 Å². The Labute approximate surface area is 206 Å². The molecular weight excluding hydrogens is 475 g/mol. The van der Waals surface area contributed by atoms with E-state index in [1.165, 1.54) is 6.07 Å². The Morgan fingerprint density at radius 3 is 2.14 bits per heavy atom. The van der Waals surface area contributed by atoms with Gasteiger partial charge in [-0.2, -0.15) is 13.2 Å². The smallest absolute Gasteiger partial charge is 0.384 e. The van der Waals surface area contributed by atoms with E-state index in [1.807, 2.05) is 18.2 Å². The standard InChI is InChI=1S/C28H25F5N2O/c1-36-13-12-20-16-34-26(35-17-20)11-5-18-3-9-23-22(14-18)8-7-21(27(23)30)6-2-19-4-10-24(25(29)15-19)28(31,32)33/h3-4,7-10,14-17H,2,5-6,11-13H2,1H3. The molecule has 188 valence electrons. The SMILES string of the molecule is COCCc1cnc(CCc2ccc3c(F)c(CCc4ccc(C(F)(F)F)c(F)c4)ccc3c2)nc1. The van der Waals surface area contributed by atoms with Gasteiger partial charge >= 0.3 is 6.18 Å². The van der Waals surface area contributed by atoms with Crippen LogP contribution in [-0.4, -0.2) is 23.7 Å². The minimum Gasteiger partial charge on any atom is -0.384 e. The normalized spacial score (nSPS) is 11.8. The number of hydrogen-bond acceptors (Lipinski definition) is 3. The van der Waals surface area contributed by atoms with Crippen molar-refractivity contribution in [3.63, 3.8) is 0 Å². The zero-order valence-electron chi connectivity index (χ0n) is 19.7. The van der Waals surface area contributed by atoms with Gasteiger partial charge in [-0.05, 0) is 65.5 Å². The number of nitrogens with zero attached hydrogens (tertiary/aromatic N) is 2. The van der Waals surface area contributed by atoms with Gasteiger partial charge in [0, 0.05) is 31.3 Å². The molecule has 3 nitrogen and oxygen atoms in total. The van der Waals surface area contributed by atoms with Crippen molar-refractivity contribution in [3.05, 3.63) is 106 Å². The van der Waals surface area contributed by atoms with Gasteiger partial charge in [0.25, 0.3) is 0 Å². The molecule has 4 aromatic rings. The summed E-state index contributed by atoms with van der Waals surface area (Å²) in [4.78, 5) is 8.79. The van der Waals surface area contributed by atoms with E-state index in [0.717, 1.165) is 40.9 Å². The van der Waals surface area contributed by atoms with E-state index < -0.39 is 17.6 Å². The molecule has 0 aliphatic carbocycles. The highest BCUT2D eigenvalue weighted by molar-refractivity contribution is 5.84. The molecule has 0 aliphatic heterocycles. The molecule has 0 fully saturated rings. The number of benzene rings is 3. The van der Waals surface area contributed by atoms with Crippen LogP contribution in [0.25, 0.3) is 10.8 Å². The first-order valence-electron chi connectivity index (χ1n) is 11.6. The molecule has 0 radical (unpaired) electrons. The molecule has 4 rings (SSSR count). The van der Waals surface area contributed by atoms with Crippen molar-refractivity contribution >= 4 is 10.8 Å². The third-order valence-electron chi connectivity index (χ3n) is 6.11. The van der Waals surface area contributed by atoms with Gasteiger partial charge in [0.15, 0.2) is 0 Å². The predicted molar refractivity (Wildman–Crippen MR) is 128 cm³/mol. The van der Waals surface area contributed by atoms with Crippen molar-refractivity contribution < 1.29 is 26.7 Å². The Kier molecular flexibility index (Phi) is 7.94.